The molecule has 0 bridgehead atoms. The second-order valence-corrected chi connectivity index (χ2v) is 13.8. The summed E-state index contributed by atoms with van der Waals surface area (Å²) in [6.07, 6.45) is -3.39. The van der Waals surface area contributed by atoms with E-state index < -0.39 is 56.7 Å². The molecule has 4 rings (SSSR count). The number of nitrogens with zero attached hydrogens (tertiary/aromatic N) is 1. The number of fused-ring (bicyclic) bond motifs is 1. The van der Waals surface area contributed by atoms with Crippen molar-refractivity contribution >= 4 is 16.0 Å². The normalized spacial score (nSPS) is 15.1. The number of sulfonamides is 1. The average molecular weight is 623 g/mol. The summed E-state index contributed by atoms with van der Waals surface area (Å²) in [4.78, 5) is 10.6. The maximum Gasteiger partial charge on any atom is 0.416 e. The molecule has 12 heteroatoms. The third-order valence-electron chi connectivity index (χ3n) is 7.64. The van der Waals surface area contributed by atoms with Gasteiger partial charge in [-0.3, -0.25) is 0 Å². The van der Waals surface area contributed by atoms with Gasteiger partial charge in [-0.1, -0.05) is 24.3 Å². The minimum Gasteiger partial charge on any atom is -0.478 e. The fraction of sp³-hybridized carbons (Fsp3) is 0.387. The van der Waals surface area contributed by atoms with Crippen LogP contribution in [0.2, 0.25) is 0 Å². The lowest BCUT2D eigenvalue weighted by molar-refractivity contribution is -0.137. The van der Waals surface area contributed by atoms with Crippen molar-refractivity contribution in [2.24, 2.45) is 5.92 Å². The summed E-state index contributed by atoms with van der Waals surface area (Å²) in [5.74, 6) is -2.09. The number of aliphatic hydroxyl groups excluding tert-OH is 1. The first-order chi connectivity index (χ1) is 19.9. The van der Waals surface area contributed by atoms with Gasteiger partial charge in [-0.15, -0.1) is 0 Å². The Kier molecular flexibility index (Phi) is 9.36. The lowest BCUT2D eigenvalue weighted by atomic mass is 9.88. The Balaban J connectivity index is 1.48. The Hall–Kier alpha value is -3.32. The van der Waals surface area contributed by atoms with Crippen LogP contribution in [0.5, 0.6) is 0 Å². The van der Waals surface area contributed by atoms with E-state index in [1.54, 1.807) is 0 Å². The first kappa shape index (κ1) is 32.6. The SMILES string of the molecule is CN(C[C@H](O)CNC(C)(C)CC1Cc2ccccc2C1)S(=O)(=O)c1cc(-c2cc(F)cc(C(=O)O)c2)cc(C(F)(F)F)c1. The zero-order valence-corrected chi connectivity index (χ0v) is 24.8. The summed E-state index contributed by atoms with van der Waals surface area (Å²) in [5, 5.41) is 23.2. The average Bonchev–Trinajstić information content (AvgIpc) is 3.32. The highest BCUT2D eigenvalue weighted by molar-refractivity contribution is 7.89. The molecule has 1 atom stereocenters. The molecule has 0 saturated carbocycles. The van der Waals surface area contributed by atoms with Crippen molar-refractivity contribution in [2.45, 2.75) is 55.8 Å². The minimum absolute atomic E-state index is 0.0433. The number of aromatic carboxylic acids is 1. The summed E-state index contributed by atoms with van der Waals surface area (Å²) >= 11 is 0. The summed E-state index contributed by atoms with van der Waals surface area (Å²) in [7, 11) is -3.41. The van der Waals surface area contributed by atoms with Gasteiger partial charge in [-0.2, -0.15) is 17.5 Å². The monoisotopic (exact) mass is 622 g/mol. The van der Waals surface area contributed by atoms with Crippen molar-refractivity contribution in [1.29, 1.82) is 0 Å². The standard InChI is InChI=1S/C31H34F4N2O5S/c1-30(2,16-19-8-20-6-4-5-7-21(20)9-19)36-17-27(38)18-37(3)43(41,42)28-14-23(11-25(15-28)31(33,34)35)22-10-24(29(39)40)13-26(32)12-22/h4-7,10-15,19,27,36,38H,8-9,16-18H2,1-3H3,(H,39,40)/t27-/m1/s1. The lowest BCUT2D eigenvalue weighted by Crippen LogP contribution is -2.47. The van der Waals surface area contributed by atoms with Crippen molar-refractivity contribution in [3.05, 3.63) is 88.7 Å². The Labute approximate surface area is 248 Å². The molecule has 3 N–H and O–H groups in total. The minimum atomic E-state index is -4.95. The molecule has 3 aromatic rings. The van der Waals surface area contributed by atoms with Crippen LogP contribution in [0.1, 0.15) is 47.3 Å². The molecule has 0 amide bonds. The van der Waals surface area contributed by atoms with Crippen LogP contribution in [0.25, 0.3) is 11.1 Å². The van der Waals surface area contributed by atoms with Gasteiger partial charge in [0.15, 0.2) is 0 Å². The fourth-order valence-corrected chi connectivity index (χ4v) is 6.86. The van der Waals surface area contributed by atoms with Crippen LogP contribution in [0.3, 0.4) is 0 Å². The van der Waals surface area contributed by atoms with Gasteiger partial charge in [-0.25, -0.2) is 17.6 Å². The van der Waals surface area contributed by atoms with Crippen LogP contribution in [0, 0.1) is 11.7 Å². The molecule has 1 aliphatic carbocycles. The van der Waals surface area contributed by atoms with Gasteiger partial charge >= 0.3 is 12.1 Å². The van der Waals surface area contributed by atoms with Crippen molar-refractivity contribution in [2.75, 3.05) is 20.1 Å². The predicted molar refractivity (Wildman–Crippen MR) is 154 cm³/mol. The summed E-state index contributed by atoms with van der Waals surface area (Å²) in [6, 6.07) is 12.8. The maximum atomic E-state index is 14.1. The number of alkyl halides is 3. The number of carboxylic acid groups (broad SMARTS) is 1. The zero-order chi connectivity index (χ0) is 31.7. The van der Waals surface area contributed by atoms with Crippen LogP contribution in [-0.2, 0) is 29.0 Å². The number of aliphatic hydroxyl groups is 1. The van der Waals surface area contributed by atoms with E-state index in [0.717, 1.165) is 48.8 Å². The molecular formula is C31H34F4N2O5S. The number of likely N-dealkylation sites (N-methyl/N-ethyl adjacent to an activating group) is 1. The van der Waals surface area contributed by atoms with Gasteiger partial charge in [-0.05, 0) is 97.7 Å². The first-order valence-electron chi connectivity index (χ1n) is 13.7. The van der Waals surface area contributed by atoms with Gasteiger partial charge in [0.25, 0.3) is 0 Å². The van der Waals surface area contributed by atoms with E-state index in [2.05, 4.69) is 17.4 Å². The van der Waals surface area contributed by atoms with Gasteiger partial charge in [0.2, 0.25) is 10.0 Å². The number of carboxylic acids is 1. The van der Waals surface area contributed by atoms with E-state index >= 15 is 0 Å². The highest BCUT2D eigenvalue weighted by Crippen LogP contribution is 2.36. The molecule has 0 aliphatic heterocycles. The number of nitrogens with one attached hydrogen (secondary N) is 1. The van der Waals surface area contributed by atoms with Crippen LogP contribution in [-0.4, -0.2) is 60.7 Å². The van der Waals surface area contributed by atoms with Crippen LogP contribution < -0.4 is 5.32 Å². The molecule has 0 unspecified atom stereocenters. The number of hydrogen-bond donors (Lipinski definition) is 3. The maximum absolute atomic E-state index is 14.1. The Morgan fingerprint density at radius 2 is 1.63 bits per heavy atom. The van der Waals surface area contributed by atoms with Crippen molar-refractivity contribution < 1.29 is 41.0 Å². The molecule has 0 aromatic heterocycles. The molecule has 0 spiro atoms. The summed E-state index contributed by atoms with van der Waals surface area (Å²) in [5.41, 5.74) is -0.108. The van der Waals surface area contributed by atoms with Gasteiger partial charge in [0, 0.05) is 25.7 Å². The molecule has 7 nitrogen and oxygen atoms in total. The summed E-state index contributed by atoms with van der Waals surface area (Å²) in [6.45, 7) is 3.63. The first-order valence-corrected chi connectivity index (χ1v) is 15.1. The molecule has 43 heavy (non-hydrogen) atoms. The number of rotatable bonds is 11. The van der Waals surface area contributed by atoms with Crippen molar-refractivity contribution in [3.63, 3.8) is 0 Å². The third-order valence-corrected chi connectivity index (χ3v) is 9.44. The second kappa shape index (κ2) is 12.4. The van der Waals surface area contributed by atoms with Crippen LogP contribution in [0.4, 0.5) is 17.6 Å². The van der Waals surface area contributed by atoms with Crippen molar-refractivity contribution in [1.82, 2.24) is 9.62 Å². The predicted octanol–water partition coefficient (Wildman–Crippen LogP) is 5.36. The van der Waals surface area contributed by atoms with E-state index in [1.165, 1.54) is 11.1 Å². The number of halogens is 4. The topological polar surface area (TPSA) is 107 Å². The smallest absolute Gasteiger partial charge is 0.416 e. The molecule has 0 radical (unpaired) electrons. The highest BCUT2D eigenvalue weighted by atomic mass is 32.2. The van der Waals surface area contributed by atoms with Crippen LogP contribution >= 0.6 is 0 Å². The van der Waals surface area contributed by atoms with E-state index in [-0.39, 0.29) is 23.2 Å². The quantitative estimate of drug-likeness (QED) is 0.249. The molecule has 232 valence electrons. The fourth-order valence-electron chi connectivity index (χ4n) is 5.58. The van der Waals surface area contributed by atoms with E-state index in [1.807, 2.05) is 26.0 Å². The number of benzene rings is 3. The number of carbonyl (C=O) groups is 1. The van der Waals surface area contributed by atoms with E-state index in [0.29, 0.717) is 24.1 Å². The molecular weight excluding hydrogens is 588 g/mol. The van der Waals surface area contributed by atoms with Gasteiger partial charge < -0.3 is 15.5 Å². The Morgan fingerprint density at radius 3 is 2.21 bits per heavy atom. The van der Waals surface area contributed by atoms with E-state index in [4.69, 9.17) is 0 Å². The number of β-amino-alcohol motifs (C(OH)–C–C–N with tert-alkyl or cyclic N) is 1. The molecule has 1 aliphatic rings. The van der Waals surface area contributed by atoms with E-state index in [9.17, 15) is 41.0 Å². The van der Waals surface area contributed by atoms with Gasteiger partial charge in [0.1, 0.15) is 5.82 Å². The van der Waals surface area contributed by atoms with Gasteiger partial charge in [0.05, 0.1) is 22.1 Å². The lowest BCUT2D eigenvalue weighted by Gasteiger charge is -2.31. The largest absolute Gasteiger partial charge is 0.478 e. The molecule has 0 fully saturated rings. The van der Waals surface area contributed by atoms with Crippen molar-refractivity contribution in [3.8, 4) is 11.1 Å². The molecule has 0 heterocycles. The summed E-state index contributed by atoms with van der Waals surface area (Å²) < 4.78 is 82.9. The Bertz CT molecular complexity index is 1580. The number of hydrogen-bond acceptors (Lipinski definition) is 5. The second-order valence-electron chi connectivity index (χ2n) is 11.7. The highest BCUT2D eigenvalue weighted by Gasteiger charge is 2.34. The third kappa shape index (κ3) is 7.99. The Morgan fingerprint density at radius 1 is 1.02 bits per heavy atom. The van der Waals surface area contributed by atoms with Crippen LogP contribution in [0.15, 0.2) is 65.6 Å². The molecule has 0 saturated heterocycles. The zero-order valence-electron chi connectivity index (χ0n) is 24.0. The molecule has 3 aromatic carbocycles.